The number of hydrogen-bond donors (Lipinski definition) is 1. The molecule has 3 unspecified atom stereocenters. The Kier molecular flexibility index (Phi) is 5.32. The lowest BCUT2D eigenvalue weighted by Crippen LogP contribution is -2.40. The average Bonchev–Trinajstić information content (AvgIpc) is 2.15. The predicted molar refractivity (Wildman–Crippen MR) is 66.9 cm³/mol. The van der Waals surface area contributed by atoms with Crippen molar-refractivity contribution in [3.63, 3.8) is 0 Å². The van der Waals surface area contributed by atoms with Gasteiger partial charge in [-0.1, -0.05) is 20.8 Å². The molecule has 1 aliphatic carbocycles. The van der Waals surface area contributed by atoms with Gasteiger partial charge in [-0.05, 0) is 43.9 Å². The van der Waals surface area contributed by atoms with Crippen molar-refractivity contribution < 1.29 is 0 Å². The third-order valence-corrected chi connectivity index (χ3v) is 4.88. The second-order valence-corrected chi connectivity index (χ2v) is 6.35. The predicted octanol–water partition coefficient (Wildman–Crippen LogP) is 3.15. The maximum Gasteiger partial charge on any atom is 0.0203 e. The Bertz CT molecular complexity index is 158. The Morgan fingerprint density at radius 3 is 2.64 bits per heavy atom. The highest BCUT2D eigenvalue weighted by molar-refractivity contribution is 7.99. The number of nitrogens with one attached hydrogen (secondary N) is 1. The molecule has 1 nitrogen and oxygen atoms in total. The molecule has 2 heteroatoms. The van der Waals surface area contributed by atoms with Crippen LogP contribution >= 0.6 is 11.8 Å². The molecule has 1 rings (SSSR count). The van der Waals surface area contributed by atoms with Crippen LogP contribution in [0.3, 0.4) is 0 Å². The molecule has 0 aromatic rings. The first kappa shape index (κ1) is 12.4. The summed E-state index contributed by atoms with van der Waals surface area (Å²) in [6.07, 6.45) is 4.18. The van der Waals surface area contributed by atoms with Crippen LogP contribution in [0.25, 0.3) is 0 Å². The first-order valence-electron chi connectivity index (χ1n) is 5.92. The largest absolute Gasteiger partial charge is 0.316 e. The Labute approximate surface area is 93.4 Å². The van der Waals surface area contributed by atoms with E-state index in [1.54, 1.807) is 0 Å². The molecule has 0 aromatic heterocycles. The van der Waals surface area contributed by atoms with E-state index in [1.165, 1.54) is 25.0 Å². The highest BCUT2D eigenvalue weighted by Crippen LogP contribution is 2.32. The van der Waals surface area contributed by atoms with E-state index in [0.717, 1.165) is 23.1 Å². The van der Waals surface area contributed by atoms with Crippen LogP contribution in [0.15, 0.2) is 0 Å². The highest BCUT2D eigenvalue weighted by atomic mass is 32.2. The van der Waals surface area contributed by atoms with Gasteiger partial charge in [-0.3, -0.25) is 0 Å². The van der Waals surface area contributed by atoms with Crippen LogP contribution in [0.1, 0.15) is 40.0 Å². The van der Waals surface area contributed by atoms with Gasteiger partial charge in [-0.2, -0.15) is 11.8 Å². The van der Waals surface area contributed by atoms with Crippen LogP contribution in [-0.2, 0) is 0 Å². The van der Waals surface area contributed by atoms with Crippen LogP contribution in [0.2, 0.25) is 0 Å². The molecule has 0 aromatic carbocycles. The van der Waals surface area contributed by atoms with Crippen molar-refractivity contribution in [3.05, 3.63) is 0 Å². The van der Waals surface area contributed by atoms with Gasteiger partial charge in [0, 0.05) is 11.3 Å². The zero-order valence-electron chi connectivity index (χ0n) is 10.0. The molecule has 0 spiro atoms. The van der Waals surface area contributed by atoms with E-state index < -0.39 is 0 Å². The van der Waals surface area contributed by atoms with E-state index in [1.807, 2.05) is 0 Å². The minimum absolute atomic E-state index is 0.759. The van der Waals surface area contributed by atoms with E-state index in [9.17, 15) is 0 Å². The molecule has 0 radical (unpaired) electrons. The molecule has 14 heavy (non-hydrogen) atoms. The van der Waals surface area contributed by atoms with Crippen molar-refractivity contribution in [2.24, 2.45) is 11.8 Å². The monoisotopic (exact) mass is 215 g/mol. The topological polar surface area (TPSA) is 12.0 Å². The van der Waals surface area contributed by atoms with Gasteiger partial charge in [0.15, 0.2) is 0 Å². The molecule has 0 heterocycles. The second kappa shape index (κ2) is 6.02. The Balaban J connectivity index is 2.36. The third-order valence-electron chi connectivity index (χ3n) is 3.07. The van der Waals surface area contributed by atoms with Gasteiger partial charge in [-0.25, -0.2) is 0 Å². The van der Waals surface area contributed by atoms with Gasteiger partial charge in [0.2, 0.25) is 0 Å². The van der Waals surface area contributed by atoms with Gasteiger partial charge in [0.1, 0.15) is 0 Å². The molecule has 3 atom stereocenters. The van der Waals surface area contributed by atoms with Crippen LogP contribution in [0.4, 0.5) is 0 Å². The number of rotatable bonds is 4. The van der Waals surface area contributed by atoms with Crippen LogP contribution < -0.4 is 5.32 Å². The standard InChI is InChI=1S/C12H25NS/c1-9(2)8-14-12-7-10(3)5-6-11(12)13-4/h9-13H,5-8H2,1-4H3. The molecule has 1 saturated carbocycles. The maximum absolute atomic E-state index is 3.48. The van der Waals surface area contributed by atoms with Crippen molar-refractivity contribution in [1.29, 1.82) is 0 Å². The summed E-state index contributed by atoms with van der Waals surface area (Å²) in [6.45, 7) is 7.02. The van der Waals surface area contributed by atoms with E-state index in [4.69, 9.17) is 0 Å². The highest BCUT2D eigenvalue weighted by Gasteiger charge is 2.27. The molecule has 84 valence electrons. The zero-order valence-corrected chi connectivity index (χ0v) is 10.9. The SMILES string of the molecule is CNC1CCC(C)CC1SCC(C)C. The lowest BCUT2D eigenvalue weighted by molar-refractivity contribution is 0.329. The minimum Gasteiger partial charge on any atom is -0.316 e. The van der Waals surface area contributed by atoms with Gasteiger partial charge in [0.05, 0.1) is 0 Å². The number of thioether (sulfide) groups is 1. The minimum atomic E-state index is 0.759. The summed E-state index contributed by atoms with van der Waals surface area (Å²) in [5.74, 6) is 3.08. The maximum atomic E-state index is 3.48. The van der Waals surface area contributed by atoms with Crippen molar-refractivity contribution in [1.82, 2.24) is 5.32 Å². The fraction of sp³-hybridized carbons (Fsp3) is 1.00. The summed E-state index contributed by atoms with van der Waals surface area (Å²) in [7, 11) is 2.11. The van der Waals surface area contributed by atoms with E-state index in [-0.39, 0.29) is 0 Å². The van der Waals surface area contributed by atoms with Crippen LogP contribution in [0, 0.1) is 11.8 Å². The van der Waals surface area contributed by atoms with E-state index >= 15 is 0 Å². The van der Waals surface area contributed by atoms with Crippen molar-refractivity contribution in [2.45, 2.75) is 51.3 Å². The van der Waals surface area contributed by atoms with Gasteiger partial charge >= 0.3 is 0 Å². The quantitative estimate of drug-likeness (QED) is 0.773. The lowest BCUT2D eigenvalue weighted by Gasteiger charge is -2.34. The molecule has 1 fully saturated rings. The van der Waals surface area contributed by atoms with E-state index in [2.05, 4.69) is 44.9 Å². The molecule has 0 amide bonds. The molecule has 0 saturated heterocycles. The average molecular weight is 215 g/mol. The van der Waals surface area contributed by atoms with Crippen molar-refractivity contribution >= 4 is 11.8 Å². The summed E-state index contributed by atoms with van der Waals surface area (Å²) in [5, 5.41) is 4.33. The summed E-state index contributed by atoms with van der Waals surface area (Å²) in [4.78, 5) is 0. The summed E-state index contributed by atoms with van der Waals surface area (Å²) in [6, 6.07) is 0.759. The Hall–Kier alpha value is 0.310. The molecular weight excluding hydrogens is 190 g/mol. The summed E-state index contributed by atoms with van der Waals surface area (Å²) < 4.78 is 0. The molecular formula is C12H25NS. The molecule has 0 aliphatic heterocycles. The van der Waals surface area contributed by atoms with Gasteiger partial charge in [-0.15, -0.1) is 0 Å². The molecule has 0 bridgehead atoms. The van der Waals surface area contributed by atoms with Crippen molar-refractivity contribution in [3.8, 4) is 0 Å². The Morgan fingerprint density at radius 2 is 2.07 bits per heavy atom. The smallest absolute Gasteiger partial charge is 0.0203 e. The molecule has 1 N–H and O–H groups in total. The van der Waals surface area contributed by atoms with Gasteiger partial charge in [0.25, 0.3) is 0 Å². The Morgan fingerprint density at radius 1 is 1.36 bits per heavy atom. The fourth-order valence-electron chi connectivity index (χ4n) is 2.16. The summed E-state index contributed by atoms with van der Waals surface area (Å²) >= 11 is 2.18. The first-order chi connectivity index (χ1) is 6.63. The van der Waals surface area contributed by atoms with Crippen molar-refractivity contribution in [2.75, 3.05) is 12.8 Å². The van der Waals surface area contributed by atoms with Crippen LogP contribution in [-0.4, -0.2) is 24.1 Å². The normalized spacial score (nSPS) is 33.6. The van der Waals surface area contributed by atoms with Gasteiger partial charge < -0.3 is 5.32 Å². The fourth-order valence-corrected chi connectivity index (χ4v) is 3.76. The lowest BCUT2D eigenvalue weighted by atomic mass is 9.87. The third kappa shape index (κ3) is 3.82. The molecule has 1 aliphatic rings. The van der Waals surface area contributed by atoms with Crippen LogP contribution in [0.5, 0.6) is 0 Å². The zero-order chi connectivity index (χ0) is 10.6. The first-order valence-corrected chi connectivity index (χ1v) is 6.97. The second-order valence-electron chi connectivity index (χ2n) is 5.08. The summed E-state index contributed by atoms with van der Waals surface area (Å²) in [5.41, 5.74) is 0. The number of hydrogen-bond acceptors (Lipinski definition) is 2. The van der Waals surface area contributed by atoms with E-state index in [0.29, 0.717) is 0 Å².